The molecule has 1 aliphatic heterocycles. The molecule has 0 unspecified atom stereocenters. The summed E-state index contributed by atoms with van der Waals surface area (Å²) < 4.78 is 11.7. The molecular weight excluding hydrogens is 564 g/mol. The van der Waals surface area contributed by atoms with Crippen LogP contribution in [0.1, 0.15) is 37.0 Å². The molecule has 0 bridgehead atoms. The van der Waals surface area contributed by atoms with Gasteiger partial charge in [0.2, 0.25) is 5.89 Å². The van der Waals surface area contributed by atoms with Crippen molar-refractivity contribution in [3.8, 4) is 22.0 Å². The van der Waals surface area contributed by atoms with Crippen LogP contribution in [0.2, 0.25) is 0 Å². The Morgan fingerprint density at radius 3 is 2.44 bits per heavy atom. The van der Waals surface area contributed by atoms with Crippen molar-refractivity contribution in [1.29, 1.82) is 0 Å². The lowest BCUT2D eigenvalue weighted by molar-refractivity contribution is 0.0134. The van der Waals surface area contributed by atoms with Gasteiger partial charge in [0.15, 0.2) is 11.5 Å². The molecule has 6 rings (SSSR count). The Labute approximate surface area is 253 Å². The zero-order valence-corrected chi connectivity index (χ0v) is 25.1. The van der Waals surface area contributed by atoms with Gasteiger partial charge in [0.05, 0.1) is 12.2 Å². The summed E-state index contributed by atoms with van der Waals surface area (Å²) in [6.45, 7) is 8.19. The highest BCUT2D eigenvalue weighted by Gasteiger charge is 2.29. The molecule has 0 aliphatic carbocycles. The fourth-order valence-electron chi connectivity index (χ4n) is 4.80. The summed E-state index contributed by atoms with van der Waals surface area (Å²) in [5.74, 6) is 0.461. The molecular formula is C32H32N6O4S. The molecule has 1 aliphatic rings. The molecule has 1 N–H and O–H groups in total. The second kappa shape index (κ2) is 11.9. The molecule has 1 saturated heterocycles. The van der Waals surface area contributed by atoms with Gasteiger partial charge < -0.3 is 19.4 Å². The normalized spacial score (nSPS) is 14.2. The van der Waals surface area contributed by atoms with E-state index in [1.165, 1.54) is 11.3 Å². The van der Waals surface area contributed by atoms with E-state index in [1.807, 2.05) is 87.5 Å². The quantitative estimate of drug-likeness (QED) is 0.242. The highest BCUT2D eigenvalue weighted by Crippen LogP contribution is 2.34. The molecule has 11 heteroatoms. The van der Waals surface area contributed by atoms with Gasteiger partial charge in [0, 0.05) is 43.5 Å². The molecule has 5 aromatic rings. The summed E-state index contributed by atoms with van der Waals surface area (Å²) in [5.41, 5.74) is 2.67. The molecule has 0 saturated carbocycles. The number of carbonyl (C=O) groups excluding carboxylic acids is 2. The molecule has 0 spiro atoms. The minimum Gasteiger partial charge on any atom is -0.444 e. The summed E-state index contributed by atoms with van der Waals surface area (Å²) in [6, 6.07) is 20.8. The second-order valence-electron chi connectivity index (χ2n) is 11.2. The van der Waals surface area contributed by atoms with Crippen LogP contribution in [0.25, 0.3) is 32.4 Å². The molecule has 3 aromatic heterocycles. The standard InChI is InChI=1S/C32H32N6O4S/c1-32(2,3)42-31(40)38-18-16-37(17-19-38)20-25-26(36-28(41-25)21-10-5-4-6-11-21)27(39)34-23-13-8-7-12-22(23)29-35-24-14-9-15-33-30(24)43-29/h4-15H,16-20H2,1-3H3,(H,34,39). The van der Waals surface area contributed by atoms with Crippen LogP contribution in [0, 0.1) is 0 Å². The average Bonchev–Trinajstić information content (AvgIpc) is 3.62. The Morgan fingerprint density at radius 1 is 0.953 bits per heavy atom. The van der Waals surface area contributed by atoms with Crippen molar-refractivity contribution in [3.05, 3.63) is 84.4 Å². The van der Waals surface area contributed by atoms with E-state index in [4.69, 9.17) is 14.1 Å². The van der Waals surface area contributed by atoms with E-state index < -0.39 is 5.60 Å². The van der Waals surface area contributed by atoms with Crippen molar-refractivity contribution >= 4 is 39.4 Å². The van der Waals surface area contributed by atoms with E-state index in [-0.39, 0.29) is 17.7 Å². The van der Waals surface area contributed by atoms with Gasteiger partial charge in [-0.15, -0.1) is 0 Å². The summed E-state index contributed by atoms with van der Waals surface area (Å²) in [4.78, 5) is 44.8. The fourth-order valence-corrected chi connectivity index (χ4v) is 5.75. The van der Waals surface area contributed by atoms with Crippen molar-refractivity contribution in [3.63, 3.8) is 0 Å². The smallest absolute Gasteiger partial charge is 0.410 e. The zero-order valence-electron chi connectivity index (χ0n) is 24.2. The third kappa shape index (κ3) is 6.58. The van der Waals surface area contributed by atoms with E-state index in [0.29, 0.717) is 50.1 Å². The molecule has 4 heterocycles. The molecule has 0 atom stereocenters. The highest BCUT2D eigenvalue weighted by molar-refractivity contribution is 7.21. The highest BCUT2D eigenvalue weighted by atomic mass is 32.1. The van der Waals surface area contributed by atoms with Crippen molar-refractivity contribution in [2.24, 2.45) is 0 Å². The topological polar surface area (TPSA) is 114 Å². The van der Waals surface area contributed by atoms with Gasteiger partial charge in [-0.3, -0.25) is 9.69 Å². The Kier molecular flexibility index (Phi) is 7.92. The number of nitrogens with zero attached hydrogens (tertiary/aromatic N) is 5. The first-order valence-corrected chi connectivity index (χ1v) is 14.9. The van der Waals surface area contributed by atoms with Crippen LogP contribution in [0.4, 0.5) is 10.5 Å². The molecule has 1 fully saturated rings. The number of pyridine rings is 1. The molecule has 0 radical (unpaired) electrons. The zero-order chi connectivity index (χ0) is 30.0. The maximum absolute atomic E-state index is 13.8. The van der Waals surface area contributed by atoms with Gasteiger partial charge >= 0.3 is 6.09 Å². The number of nitrogens with one attached hydrogen (secondary N) is 1. The van der Waals surface area contributed by atoms with Gasteiger partial charge in [-0.1, -0.05) is 41.7 Å². The lowest BCUT2D eigenvalue weighted by Crippen LogP contribution is -2.49. The summed E-state index contributed by atoms with van der Waals surface area (Å²) in [7, 11) is 0. The minimum atomic E-state index is -0.549. The number of ether oxygens (including phenoxy) is 1. The number of anilines is 1. The van der Waals surface area contributed by atoms with Crippen LogP contribution in [-0.4, -0.2) is 68.5 Å². The summed E-state index contributed by atoms with van der Waals surface area (Å²) >= 11 is 1.47. The number of hydrogen-bond acceptors (Lipinski definition) is 9. The van der Waals surface area contributed by atoms with Gasteiger partial charge in [-0.25, -0.2) is 19.7 Å². The largest absolute Gasteiger partial charge is 0.444 e. The number of oxazole rings is 1. The van der Waals surface area contributed by atoms with E-state index in [2.05, 4.69) is 20.2 Å². The number of aromatic nitrogens is 3. The van der Waals surface area contributed by atoms with E-state index in [9.17, 15) is 9.59 Å². The summed E-state index contributed by atoms with van der Waals surface area (Å²) in [6.07, 6.45) is 1.42. The molecule has 43 heavy (non-hydrogen) atoms. The van der Waals surface area contributed by atoms with E-state index in [0.717, 1.165) is 26.5 Å². The van der Waals surface area contributed by atoms with Crippen LogP contribution >= 0.6 is 11.3 Å². The monoisotopic (exact) mass is 596 g/mol. The van der Waals surface area contributed by atoms with Gasteiger partial charge in [0.1, 0.15) is 21.0 Å². The number of amides is 2. The molecule has 10 nitrogen and oxygen atoms in total. The van der Waals surface area contributed by atoms with E-state index >= 15 is 0 Å². The predicted molar refractivity (Wildman–Crippen MR) is 166 cm³/mol. The number of carbonyl (C=O) groups is 2. The van der Waals surface area contributed by atoms with Crippen LogP contribution in [-0.2, 0) is 11.3 Å². The SMILES string of the molecule is CC(C)(C)OC(=O)N1CCN(Cc2oc(-c3ccccc3)nc2C(=O)Nc2ccccc2-c2nc3cccnc3s2)CC1. The van der Waals surface area contributed by atoms with Crippen molar-refractivity contribution in [2.45, 2.75) is 32.9 Å². The third-order valence-corrected chi connectivity index (χ3v) is 7.91. The number of piperazine rings is 1. The number of para-hydroxylation sites is 1. The minimum absolute atomic E-state index is 0.217. The van der Waals surface area contributed by atoms with Crippen molar-refractivity contribution < 1.29 is 18.7 Å². The third-order valence-electron chi connectivity index (χ3n) is 6.90. The predicted octanol–water partition coefficient (Wildman–Crippen LogP) is 6.32. The lowest BCUT2D eigenvalue weighted by Gasteiger charge is -2.35. The number of rotatable bonds is 6. The first-order chi connectivity index (χ1) is 20.7. The maximum atomic E-state index is 13.8. The number of benzene rings is 2. The number of hydrogen-bond donors (Lipinski definition) is 1. The van der Waals surface area contributed by atoms with Gasteiger partial charge in [-0.05, 0) is 57.2 Å². The van der Waals surface area contributed by atoms with Crippen molar-refractivity contribution in [2.75, 3.05) is 31.5 Å². The van der Waals surface area contributed by atoms with Crippen molar-refractivity contribution in [1.82, 2.24) is 24.8 Å². The average molecular weight is 597 g/mol. The van der Waals surface area contributed by atoms with Crippen LogP contribution in [0.3, 0.4) is 0 Å². The van der Waals surface area contributed by atoms with Gasteiger partial charge in [0.25, 0.3) is 5.91 Å². The Balaban J connectivity index is 1.24. The Morgan fingerprint density at radius 2 is 1.70 bits per heavy atom. The van der Waals surface area contributed by atoms with Crippen LogP contribution in [0.5, 0.6) is 0 Å². The lowest BCUT2D eigenvalue weighted by atomic mass is 10.1. The summed E-state index contributed by atoms with van der Waals surface area (Å²) in [5, 5.41) is 3.81. The number of fused-ring (bicyclic) bond motifs is 1. The molecule has 220 valence electrons. The Bertz CT molecular complexity index is 1720. The van der Waals surface area contributed by atoms with Crippen LogP contribution in [0.15, 0.2) is 77.3 Å². The Hall–Kier alpha value is -4.61. The van der Waals surface area contributed by atoms with Crippen LogP contribution < -0.4 is 5.32 Å². The second-order valence-corrected chi connectivity index (χ2v) is 12.2. The molecule has 2 aromatic carbocycles. The maximum Gasteiger partial charge on any atom is 0.410 e. The van der Waals surface area contributed by atoms with E-state index in [1.54, 1.807) is 11.1 Å². The fraction of sp³-hybridized carbons (Fsp3) is 0.281. The molecule has 2 amide bonds. The number of thiazole rings is 1. The first kappa shape index (κ1) is 28.5. The first-order valence-electron chi connectivity index (χ1n) is 14.1. The van der Waals surface area contributed by atoms with Gasteiger partial charge in [-0.2, -0.15) is 0 Å².